The lowest BCUT2D eigenvalue weighted by Gasteiger charge is -2.17. The lowest BCUT2D eigenvalue weighted by molar-refractivity contribution is 0.268. The van der Waals surface area contributed by atoms with Crippen LogP contribution in [0, 0.1) is 5.82 Å². The maximum atomic E-state index is 13.1. The first-order valence-corrected chi connectivity index (χ1v) is 5.40. The Kier molecular flexibility index (Phi) is 5.19. The summed E-state index contributed by atoms with van der Waals surface area (Å²) in [6, 6.07) is 4.25. The minimum atomic E-state index is -0.549. The third kappa shape index (κ3) is 3.45. The molecule has 1 N–H and O–H groups in total. The fourth-order valence-electron chi connectivity index (χ4n) is 1.55. The Balaban J connectivity index is 2.88. The van der Waals surface area contributed by atoms with Crippen LogP contribution in [0.3, 0.4) is 0 Å². The summed E-state index contributed by atoms with van der Waals surface area (Å²) in [4.78, 5) is 0. The van der Waals surface area contributed by atoms with Crippen molar-refractivity contribution in [3.05, 3.63) is 29.6 Å². The van der Waals surface area contributed by atoms with Gasteiger partial charge in [0.2, 0.25) is 0 Å². The number of hydrogen-bond acceptors (Lipinski definition) is 2. The molecule has 4 heteroatoms. The molecule has 0 aliphatic heterocycles. The van der Waals surface area contributed by atoms with Gasteiger partial charge in [0.25, 0.3) is 0 Å². The van der Waals surface area contributed by atoms with Crippen LogP contribution in [0.2, 0.25) is 0 Å². The summed E-state index contributed by atoms with van der Waals surface area (Å²) >= 11 is 0. The van der Waals surface area contributed by atoms with Crippen molar-refractivity contribution < 1.29 is 13.5 Å². The van der Waals surface area contributed by atoms with Gasteiger partial charge in [-0.05, 0) is 31.7 Å². The molecule has 1 atom stereocenters. The van der Waals surface area contributed by atoms with Gasteiger partial charge in [0, 0.05) is 11.6 Å². The van der Waals surface area contributed by atoms with E-state index < -0.39 is 6.67 Å². The average Bonchev–Trinajstić information content (AvgIpc) is 2.27. The molecule has 1 rings (SSSR count). The van der Waals surface area contributed by atoms with Crippen LogP contribution in [0.1, 0.15) is 25.5 Å². The van der Waals surface area contributed by atoms with Crippen LogP contribution >= 0.6 is 0 Å². The van der Waals surface area contributed by atoms with Crippen LogP contribution in [0.15, 0.2) is 18.2 Å². The molecule has 2 nitrogen and oxygen atoms in total. The molecule has 0 saturated heterocycles. The van der Waals surface area contributed by atoms with E-state index in [0.29, 0.717) is 5.75 Å². The van der Waals surface area contributed by atoms with Gasteiger partial charge in [0.1, 0.15) is 24.8 Å². The van der Waals surface area contributed by atoms with Crippen molar-refractivity contribution >= 4 is 0 Å². The Bertz CT molecular complexity index is 331. The van der Waals surface area contributed by atoms with Gasteiger partial charge in [-0.15, -0.1) is 0 Å². The van der Waals surface area contributed by atoms with E-state index in [0.717, 1.165) is 12.1 Å². The molecule has 16 heavy (non-hydrogen) atoms. The fourth-order valence-corrected chi connectivity index (χ4v) is 1.55. The average molecular weight is 229 g/mol. The first-order chi connectivity index (χ1) is 7.69. The number of alkyl halides is 1. The van der Waals surface area contributed by atoms with Crippen LogP contribution in [-0.2, 0) is 0 Å². The summed E-state index contributed by atoms with van der Waals surface area (Å²) in [6.45, 7) is 4.11. The predicted octanol–water partition coefficient (Wildman–Crippen LogP) is 2.84. The number of rotatable bonds is 6. The van der Waals surface area contributed by atoms with Gasteiger partial charge >= 0.3 is 0 Å². The lowest BCUT2D eigenvalue weighted by atomic mass is 10.1. The molecule has 0 amide bonds. The Morgan fingerprint density at radius 2 is 2.19 bits per heavy atom. The Morgan fingerprint density at radius 1 is 1.44 bits per heavy atom. The second kappa shape index (κ2) is 6.43. The molecule has 0 saturated carbocycles. The number of ether oxygens (including phenoxy) is 1. The highest BCUT2D eigenvalue weighted by molar-refractivity contribution is 5.36. The zero-order valence-electron chi connectivity index (χ0n) is 9.59. The largest absolute Gasteiger partial charge is 0.491 e. The quantitative estimate of drug-likeness (QED) is 0.809. The smallest absolute Gasteiger partial charge is 0.124 e. The van der Waals surface area contributed by atoms with Gasteiger partial charge in [0.15, 0.2) is 0 Å². The summed E-state index contributed by atoms with van der Waals surface area (Å²) in [5.74, 6) is 0.222. The Hall–Kier alpha value is -1.16. The van der Waals surface area contributed by atoms with E-state index in [1.807, 2.05) is 13.8 Å². The van der Waals surface area contributed by atoms with Crippen LogP contribution < -0.4 is 10.1 Å². The normalized spacial score (nSPS) is 12.5. The van der Waals surface area contributed by atoms with E-state index >= 15 is 0 Å². The SMILES string of the molecule is CCNC(C)c1cc(F)ccc1OCCF. The van der Waals surface area contributed by atoms with Crippen molar-refractivity contribution in [3.8, 4) is 5.75 Å². The molecular weight excluding hydrogens is 212 g/mol. The highest BCUT2D eigenvalue weighted by atomic mass is 19.1. The highest BCUT2D eigenvalue weighted by Gasteiger charge is 2.11. The minimum Gasteiger partial charge on any atom is -0.491 e. The van der Waals surface area contributed by atoms with E-state index in [-0.39, 0.29) is 18.5 Å². The Labute approximate surface area is 94.6 Å². The van der Waals surface area contributed by atoms with E-state index in [9.17, 15) is 8.78 Å². The molecule has 0 bridgehead atoms. The van der Waals surface area contributed by atoms with Crippen molar-refractivity contribution in [2.45, 2.75) is 19.9 Å². The van der Waals surface area contributed by atoms with Crippen molar-refractivity contribution in [2.24, 2.45) is 0 Å². The van der Waals surface area contributed by atoms with Crippen molar-refractivity contribution in [1.82, 2.24) is 5.32 Å². The third-order valence-corrected chi connectivity index (χ3v) is 2.28. The van der Waals surface area contributed by atoms with Gasteiger partial charge in [-0.25, -0.2) is 8.78 Å². The molecule has 0 heterocycles. The van der Waals surface area contributed by atoms with E-state index in [1.54, 1.807) is 0 Å². The summed E-state index contributed by atoms with van der Waals surface area (Å²) in [6.07, 6.45) is 0. The van der Waals surface area contributed by atoms with Gasteiger partial charge in [-0.3, -0.25) is 0 Å². The lowest BCUT2D eigenvalue weighted by Crippen LogP contribution is -2.19. The molecule has 0 aliphatic carbocycles. The molecule has 90 valence electrons. The van der Waals surface area contributed by atoms with Crippen molar-refractivity contribution in [1.29, 1.82) is 0 Å². The Morgan fingerprint density at radius 3 is 2.81 bits per heavy atom. The van der Waals surface area contributed by atoms with Crippen LogP contribution in [0.5, 0.6) is 5.75 Å². The van der Waals surface area contributed by atoms with Gasteiger partial charge in [-0.1, -0.05) is 6.92 Å². The number of hydrogen-bond donors (Lipinski definition) is 1. The van der Waals surface area contributed by atoms with E-state index in [4.69, 9.17) is 4.74 Å². The number of nitrogens with one attached hydrogen (secondary N) is 1. The second-order valence-electron chi connectivity index (χ2n) is 3.50. The van der Waals surface area contributed by atoms with Crippen molar-refractivity contribution in [3.63, 3.8) is 0 Å². The molecule has 0 radical (unpaired) electrons. The summed E-state index contributed by atoms with van der Waals surface area (Å²) in [5, 5.41) is 3.17. The van der Waals surface area contributed by atoms with Gasteiger partial charge in [0.05, 0.1) is 0 Å². The first kappa shape index (κ1) is 12.9. The van der Waals surface area contributed by atoms with Crippen LogP contribution in [0.4, 0.5) is 8.78 Å². The topological polar surface area (TPSA) is 21.3 Å². The maximum Gasteiger partial charge on any atom is 0.124 e. The molecule has 1 aromatic rings. The van der Waals surface area contributed by atoms with Gasteiger partial charge < -0.3 is 10.1 Å². The highest BCUT2D eigenvalue weighted by Crippen LogP contribution is 2.26. The molecule has 0 spiro atoms. The van der Waals surface area contributed by atoms with E-state index in [2.05, 4.69) is 5.32 Å². The van der Waals surface area contributed by atoms with Crippen molar-refractivity contribution in [2.75, 3.05) is 19.8 Å². The molecular formula is C12H17F2NO. The number of benzene rings is 1. The fraction of sp³-hybridized carbons (Fsp3) is 0.500. The van der Waals surface area contributed by atoms with Crippen LogP contribution in [-0.4, -0.2) is 19.8 Å². The third-order valence-electron chi connectivity index (χ3n) is 2.28. The van der Waals surface area contributed by atoms with E-state index in [1.165, 1.54) is 18.2 Å². The molecule has 0 fully saturated rings. The summed E-state index contributed by atoms with van der Waals surface area (Å²) in [7, 11) is 0. The number of halogens is 2. The second-order valence-corrected chi connectivity index (χ2v) is 3.50. The molecule has 1 aromatic carbocycles. The first-order valence-electron chi connectivity index (χ1n) is 5.40. The molecule has 0 aliphatic rings. The molecule has 1 unspecified atom stereocenters. The monoisotopic (exact) mass is 229 g/mol. The maximum absolute atomic E-state index is 13.1. The standard InChI is InChI=1S/C12H17F2NO/c1-3-15-9(2)11-8-10(14)4-5-12(11)16-7-6-13/h4-5,8-9,15H,3,6-7H2,1-2H3. The summed E-state index contributed by atoms with van der Waals surface area (Å²) in [5.41, 5.74) is 0.718. The zero-order chi connectivity index (χ0) is 12.0. The minimum absolute atomic E-state index is 0.00250. The zero-order valence-corrected chi connectivity index (χ0v) is 9.59. The summed E-state index contributed by atoms with van der Waals surface area (Å²) < 4.78 is 30.4. The molecule has 0 aromatic heterocycles. The van der Waals surface area contributed by atoms with Gasteiger partial charge in [-0.2, -0.15) is 0 Å². The van der Waals surface area contributed by atoms with Crippen LogP contribution in [0.25, 0.3) is 0 Å². The predicted molar refractivity (Wildman–Crippen MR) is 60.0 cm³/mol.